The van der Waals surface area contributed by atoms with Gasteiger partial charge in [-0.05, 0) is 20.8 Å². The number of allylic oxidation sites excluding steroid dienone is 1. The van der Waals surface area contributed by atoms with Crippen LogP contribution in [0.4, 0.5) is 0 Å². The summed E-state index contributed by atoms with van der Waals surface area (Å²) in [6.07, 6.45) is 0.375. The summed E-state index contributed by atoms with van der Waals surface area (Å²) in [5, 5.41) is 28.4. The Balaban J connectivity index is 4.51. The summed E-state index contributed by atoms with van der Waals surface area (Å²) in [6, 6.07) is 0. The molecule has 0 aliphatic heterocycles. The Morgan fingerprint density at radius 2 is 1.85 bits per heavy atom. The predicted octanol–water partition coefficient (Wildman–Crippen LogP) is 0.611. The first-order valence-electron chi connectivity index (χ1n) is 4.18. The van der Waals surface area contributed by atoms with E-state index in [1.54, 1.807) is 13.8 Å². The molecular formula is C10H18O3. The van der Waals surface area contributed by atoms with Gasteiger partial charge in [-0.15, -0.1) is 6.58 Å². The van der Waals surface area contributed by atoms with Crippen molar-refractivity contribution in [2.24, 2.45) is 0 Å². The van der Waals surface area contributed by atoms with Crippen LogP contribution in [0.1, 0.15) is 20.8 Å². The highest BCUT2D eigenvalue weighted by Crippen LogP contribution is 2.15. The minimum absolute atomic E-state index is 0.881. The number of hydrogen-bond acceptors (Lipinski definition) is 3. The van der Waals surface area contributed by atoms with E-state index >= 15 is 0 Å². The molecule has 0 aliphatic rings. The lowest BCUT2D eigenvalue weighted by molar-refractivity contribution is -0.0750. The maximum absolute atomic E-state index is 9.52. The second-order valence-electron chi connectivity index (χ2n) is 3.61. The number of aliphatic hydroxyl groups is 3. The Labute approximate surface area is 79.0 Å². The fraction of sp³-hybridized carbons (Fsp3) is 0.600. The van der Waals surface area contributed by atoms with Crippen LogP contribution in [-0.2, 0) is 0 Å². The summed E-state index contributed by atoms with van der Waals surface area (Å²) >= 11 is 0. The van der Waals surface area contributed by atoms with Crippen LogP contribution in [0.25, 0.3) is 0 Å². The van der Waals surface area contributed by atoms with Crippen LogP contribution in [0.5, 0.6) is 0 Å². The van der Waals surface area contributed by atoms with Crippen molar-refractivity contribution in [3.05, 3.63) is 24.3 Å². The first kappa shape index (κ1) is 12.4. The van der Waals surface area contributed by atoms with Crippen molar-refractivity contribution in [2.45, 2.75) is 38.6 Å². The summed E-state index contributed by atoms with van der Waals surface area (Å²) in [7, 11) is 0. The molecule has 3 N–H and O–H groups in total. The fourth-order valence-electron chi connectivity index (χ4n) is 0.899. The lowest BCUT2D eigenvalue weighted by Gasteiger charge is -2.28. The molecule has 0 spiro atoms. The van der Waals surface area contributed by atoms with E-state index in [0.717, 1.165) is 5.57 Å². The van der Waals surface area contributed by atoms with Gasteiger partial charge in [0.25, 0.3) is 0 Å². The predicted molar refractivity (Wildman–Crippen MR) is 52.3 cm³/mol. The van der Waals surface area contributed by atoms with Gasteiger partial charge in [-0.1, -0.05) is 17.7 Å². The van der Waals surface area contributed by atoms with Gasteiger partial charge in [0.2, 0.25) is 0 Å². The van der Waals surface area contributed by atoms with Gasteiger partial charge in [-0.2, -0.15) is 0 Å². The molecule has 0 heterocycles. The zero-order valence-corrected chi connectivity index (χ0v) is 8.36. The number of hydrogen-bond donors (Lipinski definition) is 3. The smallest absolute Gasteiger partial charge is 0.115 e. The maximum atomic E-state index is 9.52. The van der Waals surface area contributed by atoms with Crippen molar-refractivity contribution >= 4 is 0 Å². The van der Waals surface area contributed by atoms with E-state index < -0.39 is 17.8 Å². The molecule has 0 radical (unpaired) electrons. The second kappa shape index (κ2) is 4.56. The molecule has 0 aliphatic carbocycles. The molecule has 3 atom stereocenters. The third kappa shape index (κ3) is 3.72. The van der Waals surface area contributed by atoms with Crippen LogP contribution in [0, 0.1) is 0 Å². The number of rotatable bonds is 4. The molecule has 0 aromatic rings. The van der Waals surface area contributed by atoms with Crippen LogP contribution in [0.2, 0.25) is 0 Å². The van der Waals surface area contributed by atoms with Crippen molar-refractivity contribution in [2.75, 3.05) is 0 Å². The average molecular weight is 186 g/mol. The minimum atomic E-state index is -1.47. The molecule has 0 unspecified atom stereocenters. The summed E-state index contributed by atoms with van der Waals surface area (Å²) < 4.78 is 0. The number of aliphatic hydroxyl groups excluding tert-OH is 2. The van der Waals surface area contributed by atoms with Crippen molar-refractivity contribution in [1.82, 2.24) is 0 Å². The first-order chi connectivity index (χ1) is 5.81. The summed E-state index contributed by atoms with van der Waals surface area (Å²) in [6.45, 7) is 8.38. The van der Waals surface area contributed by atoms with Crippen LogP contribution >= 0.6 is 0 Å². The largest absolute Gasteiger partial charge is 0.387 e. The topological polar surface area (TPSA) is 60.7 Å². The molecule has 0 aromatic heterocycles. The Morgan fingerprint density at radius 3 is 2.15 bits per heavy atom. The molecule has 0 saturated heterocycles. The van der Waals surface area contributed by atoms with Crippen LogP contribution in [0.15, 0.2) is 24.3 Å². The molecule has 3 nitrogen and oxygen atoms in total. The molecule has 0 saturated carbocycles. The van der Waals surface area contributed by atoms with Gasteiger partial charge in [0.05, 0.1) is 0 Å². The standard InChI is InChI=1S/C10H18O3/c1-5-10(4,13)9(12)8(11)6-7(2)3/h5-6,8-9,11-13H,1H2,2-4H3/t8-,9-,10+/m0/s1. The van der Waals surface area contributed by atoms with E-state index in [0.29, 0.717) is 0 Å². The average Bonchev–Trinajstić information content (AvgIpc) is 2.01. The quantitative estimate of drug-likeness (QED) is 0.564. The van der Waals surface area contributed by atoms with Crippen LogP contribution in [0.3, 0.4) is 0 Å². The van der Waals surface area contributed by atoms with E-state index in [4.69, 9.17) is 0 Å². The van der Waals surface area contributed by atoms with E-state index in [-0.39, 0.29) is 0 Å². The summed E-state index contributed by atoms with van der Waals surface area (Å²) in [5.41, 5.74) is -0.586. The van der Waals surface area contributed by atoms with Crippen LogP contribution in [-0.4, -0.2) is 33.1 Å². The highest BCUT2D eigenvalue weighted by Gasteiger charge is 2.31. The van der Waals surface area contributed by atoms with Gasteiger partial charge in [-0.3, -0.25) is 0 Å². The molecule has 0 rings (SSSR count). The maximum Gasteiger partial charge on any atom is 0.115 e. The normalized spacial score (nSPS) is 19.8. The van der Waals surface area contributed by atoms with Crippen molar-refractivity contribution < 1.29 is 15.3 Å². The van der Waals surface area contributed by atoms with E-state index in [2.05, 4.69) is 6.58 Å². The Kier molecular flexibility index (Phi) is 4.33. The molecular weight excluding hydrogens is 168 g/mol. The molecule has 0 fully saturated rings. The summed E-state index contributed by atoms with van der Waals surface area (Å²) in [5.74, 6) is 0. The Bertz CT molecular complexity index is 202. The van der Waals surface area contributed by atoms with Crippen LogP contribution < -0.4 is 0 Å². The Morgan fingerprint density at radius 1 is 1.38 bits per heavy atom. The van der Waals surface area contributed by atoms with Gasteiger partial charge >= 0.3 is 0 Å². The van der Waals surface area contributed by atoms with Gasteiger partial charge in [0.1, 0.15) is 17.8 Å². The molecule has 76 valence electrons. The van der Waals surface area contributed by atoms with E-state index in [1.807, 2.05) is 0 Å². The zero-order valence-electron chi connectivity index (χ0n) is 8.36. The van der Waals surface area contributed by atoms with E-state index in [1.165, 1.54) is 19.1 Å². The van der Waals surface area contributed by atoms with E-state index in [9.17, 15) is 15.3 Å². The second-order valence-corrected chi connectivity index (χ2v) is 3.61. The Hall–Kier alpha value is -0.640. The highest BCUT2D eigenvalue weighted by molar-refractivity contribution is 5.08. The minimum Gasteiger partial charge on any atom is -0.387 e. The summed E-state index contributed by atoms with van der Waals surface area (Å²) in [4.78, 5) is 0. The van der Waals surface area contributed by atoms with Crippen molar-refractivity contribution in [1.29, 1.82) is 0 Å². The lowest BCUT2D eigenvalue weighted by Crippen LogP contribution is -2.44. The molecule has 0 amide bonds. The van der Waals surface area contributed by atoms with Gasteiger partial charge < -0.3 is 15.3 Å². The van der Waals surface area contributed by atoms with Gasteiger partial charge in [0.15, 0.2) is 0 Å². The fourth-order valence-corrected chi connectivity index (χ4v) is 0.899. The third-order valence-electron chi connectivity index (χ3n) is 1.84. The molecule has 0 bridgehead atoms. The van der Waals surface area contributed by atoms with Gasteiger partial charge in [0, 0.05) is 0 Å². The van der Waals surface area contributed by atoms with Gasteiger partial charge in [-0.25, -0.2) is 0 Å². The third-order valence-corrected chi connectivity index (χ3v) is 1.84. The first-order valence-corrected chi connectivity index (χ1v) is 4.18. The zero-order chi connectivity index (χ0) is 10.6. The van der Waals surface area contributed by atoms with Crippen molar-refractivity contribution in [3.8, 4) is 0 Å². The highest BCUT2D eigenvalue weighted by atomic mass is 16.4. The molecule has 3 heteroatoms. The molecule has 13 heavy (non-hydrogen) atoms. The lowest BCUT2D eigenvalue weighted by atomic mass is 9.94. The monoisotopic (exact) mass is 186 g/mol. The SMILES string of the molecule is C=C[C@@](C)(O)[C@@H](O)[C@@H](O)C=C(C)C. The molecule has 0 aromatic carbocycles. The van der Waals surface area contributed by atoms with Crippen molar-refractivity contribution in [3.63, 3.8) is 0 Å².